The first-order valence-electron chi connectivity index (χ1n) is 20.9. The van der Waals surface area contributed by atoms with Gasteiger partial charge in [-0.05, 0) is 111 Å². The summed E-state index contributed by atoms with van der Waals surface area (Å²) in [6.07, 6.45) is 1.81. The molecule has 3 heterocycles. The topological polar surface area (TPSA) is 65.0 Å². The van der Waals surface area contributed by atoms with Crippen molar-refractivity contribution in [1.82, 2.24) is 15.0 Å². The van der Waals surface area contributed by atoms with Crippen LogP contribution >= 0.6 is 0 Å². The maximum atomic E-state index is 6.64. The Labute approximate surface area is 350 Å². The molecule has 286 valence electrons. The molecule has 0 spiro atoms. The highest BCUT2D eigenvalue weighted by atomic mass is 16.3. The molecule has 1 atom stereocenters. The van der Waals surface area contributed by atoms with E-state index in [2.05, 4.69) is 158 Å². The Balaban J connectivity index is 1.08. The van der Waals surface area contributed by atoms with Gasteiger partial charge < -0.3 is 8.83 Å². The standard InChI is InChI=1S/C56H35N3O2/c1-2-12-34-30-38(22-21-33(34)11-1)54-57-55(39-24-25-43-42-17-7-9-19-48(42)61-51(43)32-39)59-56(58-54)46-27-28-50-53(45-18-8-10-20-49(45)60-50)52(46)44-26-23-37-29-35-13-3-4-14-36(35)31-47(37)41-16-6-5-15-40(41)44/h1-22,24-25,27-32,44H,23,26H2. The molecule has 1 unspecified atom stereocenters. The zero-order valence-corrected chi connectivity index (χ0v) is 33.0. The Morgan fingerprint density at radius 2 is 1.00 bits per heavy atom. The molecule has 0 amide bonds. The second-order valence-corrected chi connectivity index (χ2v) is 16.2. The first-order chi connectivity index (χ1) is 30.2. The number of rotatable bonds is 4. The SMILES string of the molecule is c1ccc2c(c1)-c1cc3ccccc3cc1CCC2c1c(-c2nc(-c3ccc4ccccc4c3)nc(-c3ccc4c(c3)oc3ccccc34)n2)ccc2oc3ccccc3c12. The normalized spacial score (nSPS) is 13.9. The Morgan fingerprint density at radius 3 is 1.84 bits per heavy atom. The molecule has 0 fully saturated rings. The zero-order chi connectivity index (χ0) is 40.0. The number of nitrogens with zero attached hydrogens (tertiary/aromatic N) is 3. The minimum absolute atomic E-state index is 0.00245. The Bertz CT molecular complexity index is 3750. The molecule has 0 N–H and O–H groups in total. The highest BCUT2D eigenvalue weighted by molar-refractivity contribution is 6.10. The average Bonchev–Trinajstić information content (AvgIpc) is 3.84. The van der Waals surface area contributed by atoms with Gasteiger partial charge in [-0.2, -0.15) is 0 Å². The minimum Gasteiger partial charge on any atom is -0.456 e. The van der Waals surface area contributed by atoms with E-state index in [4.69, 9.17) is 23.8 Å². The molecule has 0 radical (unpaired) electrons. The number of hydrogen-bond donors (Lipinski definition) is 0. The van der Waals surface area contributed by atoms with E-state index in [1.54, 1.807) is 0 Å². The molecule has 0 saturated heterocycles. The van der Waals surface area contributed by atoms with Crippen LogP contribution in [0.2, 0.25) is 0 Å². The predicted octanol–water partition coefficient (Wildman–Crippen LogP) is 14.7. The van der Waals surface area contributed by atoms with E-state index < -0.39 is 0 Å². The first kappa shape index (κ1) is 34.0. The van der Waals surface area contributed by atoms with Crippen molar-refractivity contribution < 1.29 is 8.83 Å². The zero-order valence-electron chi connectivity index (χ0n) is 33.0. The van der Waals surface area contributed by atoms with Crippen LogP contribution in [0.5, 0.6) is 0 Å². The van der Waals surface area contributed by atoms with Crippen LogP contribution in [0, 0.1) is 0 Å². The predicted molar refractivity (Wildman–Crippen MR) is 248 cm³/mol. The van der Waals surface area contributed by atoms with Gasteiger partial charge in [0.05, 0.1) is 0 Å². The van der Waals surface area contributed by atoms with Crippen molar-refractivity contribution in [2.24, 2.45) is 0 Å². The summed E-state index contributed by atoms with van der Waals surface area (Å²) < 4.78 is 13.0. The summed E-state index contributed by atoms with van der Waals surface area (Å²) in [6.45, 7) is 0. The third-order valence-corrected chi connectivity index (χ3v) is 12.8. The largest absolute Gasteiger partial charge is 0.456 e. The molecular weight excluding hydrogens is 747 g/mol. The summed E-state index contributed by atoms with van der Waals surface area (Å²) in [5, 5.41) is 9.13. The molecule has 3 aromatic heterocycles. The van der Waals surface area contributed by atoms with Gasteiger partial charge in [0, 0.05) is 44.2 Å². The van der Waals surface area contributed by atoms with Crippen LogP contribution < -0.4 is 0 Å². The lowest BCUT2D eigenvalue weighted by atomic mass is 9.81. The van der Waals surface area contributed by atoms with Crippen LogP contribution in [0.4, 0.5) is 0 Å². The molecule has 9 aromatic carbocycles. The van der Waals surface area contributed by atoms with E-state index in [9.17, 15) is 0 Å². The van der Waals surface area contributed by atoms with Crippen LogP contribution in [0.3, 0.4) is 0 Å². The summed E-state index contributed by atoms with van der Waals surface area (Å²) in [4.78, 5) is 16.1. The summed E-state index contributed by atoms with van der Waals surface area (Å²) in [5.41, 5.74) is 12.5. The number of hydrogen-bond acceptors (Lipinski definition) is 5. The van der Waals surface area contributed by atoms with Gasteiger partial charge >= 0.3 is 0 Å². The minimum atomic E-state index is 0.00245. The lowest BCUT2D eigenvalue weighted by Crippen LogP contribution is -2.08. The number of aromatic nitrogens is 3. The van der Waals surface area contributed by atoms with Gasteiger partial charge in [-0.3, -0.25) is 0 Å². The van der Waals surface area contributed by atoms with Crippen LogP contribution in [-0.4, -0.2) is 15.0 Å². The Morgan fingerprint density at radius 1 is 0.393 bits per heavy atom. The number of aryl methyl sites for hydroxylation is 1. The maximum Gasteiger partial charge on any atom is 0.164 e. The summed E-state index contributed by atoms with van der Waals surface area (Å²) in [7, 11) is 0. The van der Waals surface area contributed by atoms with Gasteiger partial charge in [-0.25, -0.2) is 15.0 Å². The lowest BCUT2D eigenvalue weighted by Gasteiger charge is -2.23. The van der Waals surface area contributed by atoms with Gasteiger partial charge in [0.25, 0.3) is 0 Å². The van der Waals surface area contributed by atoms with E-state index in [0.717, 1.165) is 84.2 Å². The van der Waals surface area contributed by atoms with Crippen LogP contribution in [-0.2, 0) is 6.42 Å². The van der Waals surface area contributed by atoms with Gasteiger partial charge in [0.1, 0.15) is 22.3 Å². The number of para-hydroxylation sites is 2. The molecule has 1 aliphatic rings. The van der Waals surface area contributed by atoms with Crippen molar-refractivity contribution in [3.05, 3.63) is 199 Å². The van der Waals surface area contributed by atoms with Crippen LogP contribution in [0.15, 0.2) is 191 Å². The van der Waals surface area contributed by atoms with Gasteiger partial charge in [0.2, 0.25) is 0 Å². The summed E-state index contributed by atoms with van der Waals surface area (Å²) >= 11 is 0. The number of fused-ring (bicyclic) bond motifs is 11. The van der Waals surface area contributed by atoms with Crippen molar-refractivity contribution in [1.29, 1.82) is 0 Å². The van der Waals surface area contributed by atoms with E-state index in [-0.39, 0.29) is 5.92 Å². The Kier molecular flexibility index (Phi) is 7.43. The van der Waals surface area contributed by atoms with Crippen molar-refractivity contribution in [2.45, 2.75) is 18.8 Å². The Hall–Kier alpha value is -7.89. The van der Waals surface area contributed by atoms with Gasteiger partial charge in [0.15, 0.2) is 17.5 Å². The molecule has 5 heteroatoms. The van der Waals surface area contributed by atoms with E-state index in [0.29, 0.717) is 17.5 Å². The quantitative estimate of drug-likeness (QED) is 0.178. The second kappa shape index (κ2) is 13.3. The van der Waals surface area contributed by atoms with Crippen molar-refractivity contribution in [3.63, 3.8) is 0 Å². The highest BCUT2D eigenvalue weighted by Gasteiger charge is 2.30. The lowest BCUT2D eigenvalue weighted by molar-refractivity contribution is 0.667. The molecular formula is C56H35N3O2. The van der Waals surface area contributed by atoms with Crippen LogP contribution in [0.1, 0.15) is 29.0 Å². The fraction of sp³-hybridized carbons (Fsp3) is 0.0536. The second-order valence-electron chi connectivity index (χ2n) is 16.2. The smallest absolute Gasteiger partial charge is 0.164 e. The molecule has 0 aliphatic heterocycles. The van der Waals surface area contributed by atoms with E-state index in [1.807, 2.05) is 24.3 Å². The molecule has 0 saturated carbocycles. The third kappa shape index (κ3) is 5.44. The van der Waals surface area contributed by atoms with E-state index >= 15 is 0 Å². The number of furan rings is 2. The monoisotopic (exact) mass is 781 g/mol. The van der Waals surface area contributed by atoms with Crippen LogP contribution in [0.25, 0.3) is 111 Å². The summed E-state index contributed by atoms with van der Waals surface area (Å²) in [5.74, 6) is 1.81. The van der Waals surface area contributed by atoms with Gasteiger partial charge in [-0.15, -0.1) is 0 Å². The molecule has 1 aliphatic carbocycles. The average molecular weight is 782 g/mol. The van der Waals surface area contributed by atoms with Gasteiger partial charge in [-0.1, -0.05) is 133 Å². The van der Waals surface area contributed by atoms with E-state index in [1.165, 1.54) is 38.6 Å². The highest BCUT2D eigenvalue weighted by Crippen LogP contribution is 2.49. The maximum absolute atomic E-state index is 6.64. The fourth-order valence-electron chi connectivity index (χ4n) is 9.89. The van der Waals surface area contributed by atoms with Crippen molar-refractivity contribution in [2.75, 3.05) is 0 Å². The molecule has 13 rings (SSSR count). The fourth-order valence-corrected chi connectivity index (χ4v) is 9.89. The molecule has 61 heavy (non-hydrogen) atoms. The van der Waals surface area contributed by atoms with Crippen molar-refractivity contribution in [3.8, 4) is 45.3 Å². The first-order valence-corrected chi connectivity index (χ1v) is 20.9. The summed E-state index contributed by atoms with van der Waals surface area (Å²) in [6, 6.07) is 64.4. The molecule has 0 bridgehead atoms. The molecule has 12 aromatic rings. The third-order valence-electron chi connectivity index (χ3n) is 12.8. The van der Waals surface area contributed by atoms with Crippen molar-refractivity contribution >= 4 is 65.4 Å². The number of benzene rings is 9. The molecule has 5 nitrogen and oxygen atoms in total.